The van der Waals surface area contributed by atoms with E-state index in [1.807, 2.05) is 0 Å². The van der Waals surface area contributed by atoms with Gasteiger partial charge in [0.05, 0.1) is 16.9 Å². The number of benzene rings is 7. The van der Waals surface area contributed by atoms with Gasteiger partial charge in [-0.25, -0.2) is 4.98 Å². The maximum atomic E-state index is 5.23. The molecule has 8 aromatic rings. The fourth-order valence-corrected chi connectivity index (χ4v) is 8.75. The maximum absolute atomic E-state index is 5.23. The van der Waals surface area contributed by atoms with E-state index in [0.717, 1.165) is 16.7 Å². The predicted octanol–water partition coefficient (Wildman–Crippen LogP) is 12.1. The molecular weight excluding hydrogens is 569 g/mol. The molecule has 0 spiro atoms. The summed E-state index contributed by atoms with van der Waals surface area (Å²) in [6.45, 7) is 9.56. The third-order valence-electron chi connectivity index (χ3n) is 11.2. The van der Waals surface area contributed by atoms with E-state index in [-0.39, 0.29) is 10.8 Å². The van der Waals surface area contributed by atoms with E-state index < -0.39 is 0 Å². The van der Waals surface area contributed by atoms with Gasteiger partial charge in [-0.2, -0.15) is 0 Å². The average Bonchev–Trinajstić information content (AvgIpc) is 3.32. The molecule has 2 heterocycles. The smallest absolute Gasteiger partial charge is 0.138 e. The molecule has 224 valence electrons. The first-order valence-corrected chi connectivity index (χ1v) is 16.6. The summed E-state index contributed by atoms with van der Waals surface area (Å²) < 4.78 is 0. The Kier molecular flexibility index (Phi) is 5.16. The molecule has 0 unspecified atom stereocenters. The Labute approximate surface area is 274 Å². The molecule has 2 aliphatic rings. The van der Waals surface area contributed by atoms with Crippen molar-refractivity contribution in [2.75, 3.05) is 4.90 Å². The molecule has 47 heavy (non-hydrogen) atoms. The SMILES string of the molecule is CC1(C)c2cc3c(cc2-c2cc4c5ccccc5c5ccccc5c4cc21)C(C)(C)c1ccccc1N3c1ccc2ccccc2n1. The van der Waals surface area contributed by atoms with E-state index >= 15 is 0 Å². The summed E-state index contributed by atoms with van der Waals surface area (Å²) in [6, 6.07) is 49.4. The number of hydrogen-bond acceptors (Lipinski definition) is 2. The number of para-hydroxylation sites is 2. The van der Waals surface area contributed by atoms with E-state index in [0.29, 0.717) is 0 Å². The monoisotopic (exact) mass is 602 g/mol. The standard InChI is InChI=1S/C45H34N2/c1-44(2)36-18-10-12-20-41(36)47(43-22-21-27-13-5-11-19-40(27)46-43)42-26-38-35(25-39(42)44)34-23-32-30-16-8-6-14-28(30)29-15-7-9-17-31(29)33(32)24-37(34)45(38,3)4/h5-26H,1-4H3. The van der Waals surface area contributed by atoms with Crippen molar-refractivity contribution in [2.24, 2.45) is 0 Å². The van der Waals surface area contributed by atoms with Crippen molar-refractivity contribution in [1.82, 2.24) is 4.98 Å². The number of aromatic nitrogens is 1. The van der Waals surface area contributed by atoms with Gasteiger partial charge in [0.25, 0.3) is 0 Å². The van der Waals surface area contributed by atoms with Crippen molar-refractivity contribution in [3.63, 3.8) is 0 Å². The zero-order chi connectivity index (χ0) is 31.7. The van der Waals surface area contributed by atoms with Gasteiger partial charge >= 0.3 is 0 Å². The van der Waals surface area contributed by atoms with Gasteiger partial charge in [0.1, 0.15) is 5.82 Å². The lowest BCUT2D eigenvalue weighted by Gasteiger charge is -2.42. The van der Waals surface area contributed by atoms with Crippen LogP contribution in [0.5, 0.6) is 0 Å². The lowest BCUT2D eigenvalue weighted by atomic mass is 9.72. The summed E-state index contributed by atoms with van der Waals surface area (Å²) in [5, 5.41) is 9.08. The second-order valence-electron chi connectivity index (χ2n) is 14.4. The Morgan fingerprint density at radius 1 is 0.426 bits per heavy atom. The number of rotatable bonds is 1. The molecule has 0 radical (unpaired) electrons. The lowest BCUT2D eigenvalue weighted by molar-refractivity contribution is 0.627. The number of nitrogens with zero attached hydrogens (tertiary/aromatic N) is 2. The topological polar surface area (TPSA) is 16.1 Å². The average molecular weight is 603 g/mol. The van der Waals surface area contributed by atoms with Gasteiger partial charge in [0, 0.05) is 16.2 Å². The summed E-state index contributed by atoms with van der Waals surface area (Å²) >= 11 is 0. The van der Waals surface area contributed by atoms with E-state index in [9.17, 15) is 0 Å². The van der Waals surface area contributed by atoms with Gasteiger partial charge in [0.15, 0.2) is 0 Å². The van der Waals surface area contributed by atoms with E-state index in [2.05, 4.69) is 166 Å². The quantitative estimate of drug-likeness (QED) is 0.174. The number of anilines is 3. The molecule has 1 aliphatic carbocycles. The zero-order valence-electron chi connectivity index (χ0n) is 27.1. The van der Waals surface area contributed by atoms with E-state index in [1.165, 1.54) is 77.1 Å². The van der Waals surface area contributed by atoms with Crippen molar-refractivity contribution in [1.29, 1.82) is 0 Å². The molecule has 0 fully saturated rings. The molecule has 0 amide bonds. The van der Waals surface area contributed by atoms with Gasteiger partial charge in [-0.05, 0) is 114 Å². The predicted molar refractivity (Wildman–Crippen MR) is 199 cm³/mol. The minimum absolute atomic E-state index is 0.176. The van der Waals surface area contributed by atoms with Crippen molar-refractivity contribution in [3.05, 3.63) is 156 Å². The molecule has 0 bridgehead atoms. The Hall–Kier alpha value is -5.47. The van der Waals surface area contributed by atoms with Crippen LogP contribution in [0.2, 0.25) is 0 Å². The van der Waals surface area contributed by atoms with Gasteiger partial charge < -0.3 is 0 Å². The van der Waals surface area contributed by atoms with Crippen LogP contribution >= 0.6 is 0 Å². The number of hydrogen-bond donors (Lipinski definition) is 0. The van der Waals surface area contributed by atoms with Crippen LogP contribution in [0.15, 0.2) is 133 Å². The zero-order valence-corrected chi connectivity index (χ0v) is 27.1. The first kappa shape index (κ1) is 26.7. The van der Waals surface area contributed by atoms with Gasteiger partial charge in [-0.1, -0.05) is 113 Å². The van der Waals surface area contributed by atoms with Crippen LogP contribution in [0, 0.1) is 0 Å². The number of fused-ring (bicyclic) bond motifs is 12. The van der Waals surface area contributed by atoms with Crippen LogP contribution in [0.3, 0.4) is 0 Å². The fraction of sp³-hybridized carbons (Fsp3) is 0.133. The Bertz CT molecular complexity index is 2640. The molecule has 2 nitrogen and oxygen atoms in total. The van der Waals surface area contributed by atoms with E-state index in [1.54, 1.807) is 0 Å². The summed E-state index contributed by atoms with van der Waals surface area (Å²) in [5.74, 6) is 0.949. The molecule has 0 N–H and O–H groups in total. The van der Waals surface area contributed by atoms with Gasteiger partial charge in [0.2, 0.25) is 0 Å². The highest BCUT2D eigenvalue weighted by molar-refractivity contribution is 6.26. The summed E-state index contributed by atoms with van der Waals surface area (Å²) in [4.78, 5) is 7.64. The van der Waals surface area contributed by atoms with Crippen molar-refractivity contribution < 1.29 is 0 Å². The molecule has 10 rings (SSSR count). The van der Waals surface area contributed by atoms with Crippen molar-refractivity contribution in [3.8, 4) is 11.1 Å². The summed E-state index contributed by atoms with van der Waals surface area (Å²) in [6.07, 6.45) is 0. The van der Waals surface area contributed by atoms with Crippen molar-refractivity contribution in [2.45, 2.75) is 38.5 Å². The highest BCUT2D eigenvalue weighted by Crippen LogP contribution is 2.58. The normalized spacial score (nSPS) is 15.5. The highest BCUT2D eigenvalue weighted by Gasteiger charge is 2.42. The maximum Gasteiger partial charge on any atom is 0.138 e. The first-order chi connectivity index (χ1) is 22.8. The second kappa shape index (κ2) is 9.08. The van der Waals surface area contributed by atoms with Crippen LogP contribution in [-0.2, 0) is 10.8 Å². The minimum atomic E-state index is -0.194. The van der Waals surface area contributed by atoms with Crippen LogP contribution < -0.4 is 4.90 Å². The molecule has 1 aliphatic heterocycles. The van der Waals surface area contributed by atoms with E-state index in [4.69, 9.17) is 4.98 Å². The lowest BCUT2D eigenvalue weighted by Crippen LogP contribution is -2.31. The third kappa shape index (κ3) is 3.48. The Morgan fingerprint density at radius 2 is 0.979 bits per heavy atom. The number of pyridine rings is 1. The molecule has 0 atom stereocenters. The fourth-order valence-electron chi connectivity index (χ4n) is 8.75. The Balaban J connectivity index is 1.28. The van der Waals surface area contributed by atoms with Crippen LogP contribution in [-0.4, -0.2) is 4.98 Å². The molecular formula is C45H34N2. The van der Waals surface area contributed by atoms with Gasteiger partial charge in [-0.3, -0.25) is 4.90 Å². The summed E-state index contributed by atoms with van der Waals surface area (Å²) in [5.41, 5.74) is 11.2. The third-order valence-corrected chi connectivity index (χ3v) is 11.2. The molecule has 2 heteroatoms. The van der Waals surface area contributed by atoms with Crippen LogP contribution in [0.25, 0.3) is 54.3 Å². The highest BCUT2D eigenvalue weighted by atomic mass is 15.2. The summed E-state index contributed by atoms with van der Waals surface area (Å²) in [7, 11) is 0. The largest absolute Gasteiger partial charge is 0.294 e. The second-order valence-corrected chi connectivity index (χ2v) is 14.4. The van der Waals surface area contributed by atoms with Crippen LogP contribution in [0.4, 0.5) is 17.2 Å². The molecule has 1 aromatic heterocycles. The van der Waals surface area contributed by atoms with Gasteiger partial charge in [-0.15, -0.1) is 0 Å². The molecule has 0 saturated carbocycles. The van der Waals surface area contributed by atoms with Crippen molar-refractivity contribution >= 4 is 60.4 Å². The molecule has 7 aromatic carbocycles. The molecule has 0 saturated heterocycles. The first-order valence-electron chi connectivity index (χ1n) is 16.6. The Morgan fingerprint density at radius 3 is 1.72 bits per heavy atom. The minimum Gasteiger partial charge on any atom is -0.294 e. The van der Waals surface area contributed by atoms with Crippen LogP contribution in [0.1, 0.15) is 49.9 Å².